The van der Waals surface area contributed by atoms with Gasteiger partial charge in [-0.15, -0.1) is 12.4 Å². The van der Waals surface area contributed by atoms with Gasteiger partial charge in [-0.25, -0.2) is 0 Å². The van der Waals surface area contributed by atoms with Crippen LogP contribution in [0.3, 0.4) is 0 Å². The van der Waals surface area contributed by atoms with E-state index in [4.69, 9.17) is 9.84 Å². The fraction of sp³-hybridized carbons (Fsp3) is 0.900. The van der Waals surface area contributed by atoms with Crippen LogP contribution in [0.4, 0.5) is 0 Å². The molecule has 16 heavy (non-hydrogen) atoms. The zero-order valence-corrected chi connectivity index (χ0v) is 10.6. The first kappa shape index (κ1) is 15.6. The highest BCUT2D eigenvalue weighted by molar-refractivity contribution is 5.85. The Morgan fingerprint density at radius 2 is 2.25 bits per heavy atom. The lowest BCUT2D eigenvalue weighted by atomic mass is 9.96. The predicted molar refractivity (Wildman–Crippen MR) is 63.7 cm³/mol. The lowest BCUT2D eigenvalue weighted by Crippen LogP contribution is -2.57. The molecule has 1 saturated heterocycles. The minimum atomic E-state index is -0.462. The van der Waals surface area contributed by atoms with Gasteiger partial charge in [-0.2, -0.15) is 0 Å². The number of carbonyl (C=O) groups excluding carboxylic acids is 1. The molecule has 1 rings (SSSR count). The molecule has 3 N–H and O–H groups in total. The van der Waals surface area contributed by atoms with Crippen LogP contribution >= 0.6 is 12.4 Å². The normalized spacial score (nSPS) is 19.2. The number of carbonyl (C=O) groups is 1. The second-order valence-corrected chi connectivity index (χ2v) is 4.31. The number of amides is 1. The Bertz CT molecular complexity index is 216. The molecule has 1 aliphatic rings. The molecule has 0 aromatic heterocycles. The Morgan fingerprint density at radius 3 is 2.62 bits per heavy atom. The third-order valence-electron chi connectivity index (χ3n) is 2.70. The Balaban J connectivity index is 0.00000225. The van der Waals surface area contributed by atoms with E-state index in [1.54, 1.807) is 7.11 Å². The number of nitrogens with one attached hydrogen (secondary N) is 2. The Labute approximate surface area is 102 Å². The van der Waals surface area contributed by atoms with Crippen molar-refractivity contribution >= 4 is 18.3 Å². The smallest absolute Gasteiger partial charge is 0.226 e. The quantitative estimate of drug-likeness (QED) is 0.598. The lowest BCUT2D eigenvalue weighted by molar-refractivity contribution is -0.129. The zero-order valence-electron chi connectivity index (χ0n) is 9.78. The second kappa shape index (κ2) is 7.06. The molecule has 1 heterocycles. The number of ether oxygens (including phenoxy) is 1. The minimum Gasteiger partial charge on any atom is -0.396 e. The van der Waals surface area contributed by atoms with E-state index in [2.05, 4.69) is 10.6 Å². The Hall–Kier alpha value is -0.360. The number of methoxy groups -OCH3 is 1. The summed E-state index contributed by atoms with van der Waals surface area (Å²) < 4.78 is 5.05. The molecule has 96 valence electrons. The molecule has 0 radical (unpaired) electrons. The van der Waals surface area contributed by atoms with Gasteiger partial charge in [0.1, 0.15) is 0 Å². The van der Waals surface area contributed by atoms with Crippen molar-refractivity contribution in [3.8, 4) is 0 Å². The molecule has 1 fully saturated rings. The Morgan fingerprint density at radius 1 is 1.62 bits per heavy atom. The summed E-state index contributed by atoms with van der Waals surface area (Å²) in [5, 5.41) is 14.9. The molecule has 0 spiro atoms. The number of rotatable bonds is 6. The van der Waals surface area contributed by atoms with E-state index in [1.165, 1.54) is 0 Å². The molecular weight excluding hydrogens is 232 g/mol. The summed E-state index contributed by atoms with van der Waals surface area (Å²) in [5.41, 5.74) is -0.462. The molecule has 1 atom stereocenters. The third kappa shape index (κ3) is 4.25. The molecule has 0 aromatic rings. The minimum absolute atomic E-state index is 0. The topological polar surface area (TPSA) is 70.6 Å². The van der Waals surface area contributed by atoms with Crippen molar-refractivity contribution in [2.45, 2.75) is 18.9 Å². The highest BCUT2D eigenvalue weighted by Gasteiger charge is 2.31. The van der Waals surface area contributed by atoms with Gasteiger partial charge in [-0.3, -0.25) is 4.79 Å². The third-order valence-corrected chi connectivity index (χ3v) is 2.70. The molecule has 1 unspecified atom stereocenters. The highest BCUT2D eigenvalue weighted by Crippen LogP contribution is 2.12. The zero-order chi connectivity index (χ0) is 11.3. The monoisotopic (exact) mass is 252 g/mol. The van der Waals surface area contributed by atoms with Crippen LogP contribution in [0.2, 0.25) is 0 Å². The van der Waals surface area contributed by atoms with E-state index < -0.39 is 5.54 Å². The van der Waals surface area contributed by atoms with E-state index in [9.17, 15) is 4.79 Å². The van der Waals surface area contributed by atoms with E-state index in [0.717, 1.165) is 13.1 Å². The standard InChI is InChI=1S/C10H20N2O3.ClH/c1-10(3-4-13,7-15-2)12-9(14)8-5-11-6-8;/h8,11,13H,3-7H2,1-2H3,(H,12,14);1H. The van der Waals surface area contributed by atoms with Crippen molar-refractivity contribution in [2.24, 2.45) is 5.92 Å². The first-order valence-electron chi connectivity index (χ1n) is 5.24. The largest absolute Gasteiger partial charge is 0.396 e. The predicted octanol–water partition coefficient (Wildman–Crippen LogP) is -0.469. The van der Waals surface area contributed by atoms with Crippen molar-refractivity contribution < 1.29 is 14.6 Å². The molecular formula is C10H21ClN2O3. The van der Waals surface area contributed by atoms with Crippen LogP contribution in [0.1, 0.15) is 13.3 Å². The van der Waals surface area contributed by atoms with Crippen molar-refractivity contribution in [1.29, 1.82) is 0 Å². The van der Waals surface area contributed by atoms with Gasteiger partial charge in [0.05, 0.1) is 18.1 Å². The summed E-state index contributed by atoms with van der Waals surface area (Å²) in [4.78, 5) is 11.7. The second-order valence-electron chi connectivity index (χ2n) is 4.31. The fourth-order valence-electron chi connectivity index (χ4n) is 1.61. The maximum Gasteiger partial charge on any atom is 0.226 e. The van der Waals surface area contributed by atoms with Crippen LogP contribution in [0.25, 0.3) is 0 Å². The molecule has 0 saturated carbocycles. The molecule has 0 aliphatic carbocycles. The first-order chi connectivity index (χ1) is 7.11. The number of hydrogen-bond acceptors (Lipinski definition) is 4. The SMILES string of the molecule is COCC(C)(CCO)NC(=O)C1CNC1.Cl. The van der Waals surface area contributed by atoms with Gasteiger partial charge in [0.2, 0.25) is 5.91 Å². The molecule has 6 heteroatoms. The molecule has 0 bridgehead atoms. The summed E-state index contributed by atoms with van der Waals surface area (Å²) in [7, 11) is 1.59. The first-order valence-corrected chi connectivity index (χ1v) is 5.24. The van der Waals surface area contributed by atoms with Crippen molar-refractivity contribution in [2.75, 3.05) is 33.4 Å². The summed E-state index contributed by atoms with van der Waals surface area (Å²) in [6.45, 7) is 3.83. The average Bonchev–Trinajstić information content (AvgIpc) is 1.99. The number of hydrogen-bond donors (Lipinski definition) is 3. The van der Waals surface area contributed by atoms with Crippen LogP contribution in [-0.4, -0.2) is 50.0 Å². The number of aliphatic hydroxyl groups is 1. The molecule has 1 amide bonds. The summed E-state index contributed by atoms with van der Waals surface area (Å²) in [6, 6.07) is 0. The maximum atomic E-state index is 11.7. The van der Waals surface area contributed by atoms with Crippen LogP contribution in [0.15, 0.2) is 0 Å². The molecule has 0 aromatic carbocycles. The van der Waals surface area contributed by atoms with E-state index in [0.29, 0.717) is 13.0 Å². The summed E-state index contributed by atoms with van der Waals surface area (Å²) >= 11 is 0. The van der Waals surface area contributed by atoms with E-state index in [1.807, 2.05) is 6.92 Å². The van der Waals surface area contributed by atoms with Gasteiger partial charge < -0.3 is 20.5 Å². The van der Waals surface area contributed by atoms with Gasteiger partial charge in [0.25, 0.3) is 0 Å². The summed E-state index contributed by atoms with van der Waals surface area (Å²) in [6.07, 6.45) is 0.507. The van der Waals surface area contributed by atoms with Crippen LogP contribution in [0.5, 0.6) is 0 Å². The maximum absolute atomic E-state index is 11.7. The molecule has 1 aliphatic heterocycles. The van der Waals surface area contributed by atoms with Gasteiger partial charge in [0.15, 0.2) is 0 Å². The van der Waals surface area contributed by atoms with Gasteiger partial charge in [-0.1, -0.05) is 0 Å². The summed E-state index contributed by atoms with van der Waals surface area (Å²) in [5.74, 6) is 0.113. The van der Waals surface area contributed by atoms with Gasteiger partial charge in [-0.05, 0) is 13.3 Å². The van der Waals surface area contributed by atoms with Crippen LogP contribution in [-0.2, 0) is 9.53 Å². The van der Waals surface area contributed by atoms with Crippen LogP contribution < -0.4 is 10.6 Å². The average molecular weight is 253 g/mol. The number of aliphatic hydroxyl groups excluding tert-OH is 1. The molecule has 5 nitrogen and oxygen atoms in total. The highest BCUT2D eigenvalue weighted by atomic mass is 35.5. The van der Waals surface area contributed by atoms with Crippen molar-refractivity contribution in [3.05, 3.63) is 0 Å². The Kier molecular flexibility index (Phi) is 6.90. The van der Waals surface area contributed by atoms with Gasteiger partial charge >= 0.3 is 0 Å². The number of halogens is 1. The van der Waals surface area contributed by atoms with Crippen molar-refractivity contribution in [1.82, 2.24) is 10.6 Å². The lowest BCUT2D eigenvalue weighted by Gasteiger charge is -2.34. The van der Waals surface area contributed by atoms with Crippen molar-refractivity contribution in [3.63, 3.8) is 0 Å². The van der Waals surface area contributed by atoms with E-state index >= 15 is 0 Å². The van der Waals surface area contributed by atoms with Crippen LogP contribution in [0, 0.1) is 5.92 Å². The van der Waals surface area contributed by atoms with E-state index in [-0.39, 0.29) is 30.8 Å². The fourth-order valence-corrected chi connectivity index (χ4v) is 1.61. The van der Waals surface area contributed by atoms with Gasteiger partial charge in [0, 0.05) is 26.8 Å².